The fourth-order valence-corrected chi connectivity index (χ4v) is 3.32. The first-order valence-corrected chi connectivity index (χ1v) is 8.59. The number of piperazine rings is 1. The molecular weight excluding hydrogens is 276 g/mol. The van der Waals surface area contributed by atoms with Crippen LogP contribution in [0.15, 0.2) is 0 Å². The van der Waals surface area contributed by atoms with Gasteiger partial charge in [0.1, 0.15) is 0 Å². The van der Waals surface area contributed by atoms with Crippen molar-refractivity contribution in [1.82, 2.24) is 30.0 Å². The van der Waals surface area contributed by atoms with Gasteiger partial charge in [-0.1, -0.05) is 20.8 Å². The zero-order valence-corrected chi connectivity index (χ0v) is 15.1. The Kier molecular flexibility index (Phi) is 5.55. The molecule has 1 saturated heterocycles. The van der Waals surface area contributed by atoms with Gasteiger partial charge in [-0.15, -0.1) is 5.10 Å². The molecule has 0 unspecified atom stereocenters. The molecule has 1 fully saturated rings. The second-order valence-corrected chi connectivity index (χ2v) is 7.69. The van der Waals surface area contributed by atoms with E-state index in [1.165, 1.54) is 13.0 Å². The number of tetrazole rings is 1. The van der Waals surface area contributed by atoms with Gasteiger partial charge in [0, 0.05) is 26.2 Å². The lowest BCUT2D eigenvalue weighted by molar-refractivity contribution is 0.0671. The van der Waals surface area contributed by atoms with Crippen LogP contribution in [0.1, 0.15) is 59.8 Å². The maximum absolute atomic E-state index is 4.38. The zero-order valence-electron chi connectivity index (χ0n) is 15.1. The number of nitrogens with zero attached hydrogens (tertiary/aromatic N) is 6. The van der Waals surface area contributed by atoms with Crippen molar-refractivity contribution in [2.45, 2.75) is 59.5 Å². The predicted octanol–water partition coefficient (Wildman–Crippen LogP) is 2.15. The molecule has 0 radical (unpaired) electrons. The molecule has 0 aromatic carbocycles. The van der Waals surface area contributed by atoms with Gasteiger partial charge in [0.15, 0.2) is 5.82 Å². The second-order valence-electron chi connectivity index (χ2n) is 7.69. The summed E-state index contributed by atoms with van der Waals surface area (Å²) >= 11 is 0. The Labute approximate surface area is 134 Å². The van der Waals surface area contributed by atoms with Gasteiger partial charge in [-0.2, -0.15) is 0 Å². The van der Waals surface area contributed by atoms with Crippen LogP contribution in [-0.2, 0) is 5.54 Å². The number of aromatic nitrogens is 4. The molecule has 1 aromatic heterocycles. The second kappa shape index (κ2) is 7.04. The Morgan fingerprint density at radius 2 is 1.73 bits per heavy atom. The molecule has 126 valence electrons. The predicted molar refractivity (Wildman–Crippen MR) is 88.7 cm³/mol. The van der Waals surface area contributed by atoms with Crippen LogP contribution < -0.4 is 0 Å². The molecule has 0 amide bonds. The van der Waals surface area contributed by atoms with Crippen molar-refractivity contribution in [1.29, 1.82) is 0 Å². The Morgan fingerprint density at radius 3 is 2.23 bits per heavy atom. The smallest absolute Gasteiger partial charge is 0.169 e. The average molecular weight is 308 g/mol. The summed E-state index contributed by atoms with van der Waals surface area (Å²) in [5.41, 5.74) is -0.0873. The summed E-state index contributed by atoms with van der Waals surface area (Å²) in [5.74, 6) is 1.50. The van der Waals surface area contributed by atoms with Crippen molar-refractivity contribution in [2.75, 3.05) is 32.7 Å². The minimum atomic E-state index is -0.0873. The van der Waals surface area contributed by atoms with E-state index in [1.807, 2.05) is 4.68 Å². The van der Waals surface area contributed by atoms with E-state index in [4.69, 9.17) is 0 Å². The summed E-state index contributed by atoms with van der Waals surface area (Å²) in [6.07, 6.45) is 1.23. The van der Waals surface area contributed by atoms with E-state index in [9.17, 15) is 0 Å². The Balaban J connectivity index is 2.17. The van der Waals surface area contributed by atoms with Gasteiger partial charge in [-0.25, -0.2) is 4.68 Å². The van der Waals surface area contributed by atoms with E-state index in [1.54, 1.807) is 0 Å². The molecule has 1 atom stereocenters. The maximum atomic E-state index is 4.38. The molecule has 1 aromatic rings. The van der Waals surface area contributed by atoms with Gasteiger partial charge >= 0.3 is 0 Å². The van der Waals surface area contributed by atoms with Gasteiger partial charge in [-0.05, 0) is 50.1 Å². The molecule has 2 rings (SSSR count). The Morgan fingerprint density at radius 1 is 1.09 bits per heavy atom. The third-order valence-corrected chi connectivity index (χ3v) is 4.37. The Hall–Kier alpha value is -1.01. The van der Waals surface area contributed by atoms with Gasteiger partial charge in [0.05, 0.1) is 11.6 Å². The molecule has 1 aliphatic heterocycles. The van der Waals surface area contributed by atoms with Crippen LogP contribution in [0.4, 0.5) is 0 Å². The largest absolute Gasteiger partial charge is 0.301 e. The summed E-state index contributed by atoms with van der Waals surface area (Å²) in [4.78, 5) is 5.12. The normalized spacial score (nSPS) is 19.8. The molecule has 0 spiro atoms. The van der Waals surface area contributed by atoms with E-state index < -0.39 is 0 Å². The Bertz CT molecular complexity index is 453. The fourth-order valence-electron chi connectivity index (χ4n) is 3.32. The summed E-state index contributed by atoms with van der Waals surface area (Å²) < 4.78 is 2.00. The molecule has 0 aliphatic carbocycles. The van der Waals surface area contributed by atoms with Crippen LogP contribution in [0.5, 0.6) is 0 Å². The topological polar surface area (TPSA) is 50.1 Å². The SMILES string of the molecule is CCCN1CCN([C@H](c2nnnn2C(C)(C)C)C(C)C)CC1. The lowest BCUT2D eigenvalue weighted by atomic mass is 9.99. The first kappa shape index (κ1) is 17.3. The van der Waals surface area contributed by atoms with E-state index in [0.717, 1.165) is 32.0 Å². The van der Waals surface area contributed by atoms with E-state index >= 15 is 0 Å². The van der Waals surface area contributed by atoms with Crippen molar-refractivity contribution in [3.8, 4) is 0 Å². The van der Waals surface area contributed by atoms with Gasteiger partial charge in [-0.3, -0.25) is 4.90 Å². The van der Waals surface area contributed by atoms with Crippen molar-refractivity contribution >= 4 is 0 Å². The fraction of sp³-hybridized carbons (Fsp3) is 0.938. The highest BCUT2D eigenvalue weighted by molar-refractivity contribution is 4.99. The molecular formula is C16H32N6. The number of rotatable bonds is 5. The van der Waals surface area contributed by atoms with Crippen LogP contribution in [0.25, 0.3) is 0 Å². The molecule has 0 bridgehead atoms. The molecule has 0 saturated carbocycles. The molecule has 6 nitrogen and oxygen atoms in total. The highest BCUT2D eigenvalue weighted by Gasteiger charge is 2.33. The lowest BCUT2D eigenvalue weighted by Crippen LogP contribution is -2.49. The van der Waals surface area contributed by atoms with Crippen LogP contribution in [0.2, 0.25) is 0 Å². The third kappa shape index (κ3) is 3.84. The summed E-state index contributed by atoms with van der Waals surface area (Å²) in [6, 6.07) is 0.290. The number of hydrogen-bond acceptors (Lipinski definition) is 5. The summed E-state index contributed by atoms with van der Waals surface area (Å²) in [5, 5.41) is 12.6. The van der Waals surface area contributed by atoms with E-state index in [0.29, 0.717) is 5.92 Å². The first-order valence-electron chi connectivity index (χ1n) is 8.59. The van der Waals surface area contributed by atoms with Gasteiger partial charge in [0.25, 0.3) is 0 Å². The van der Waals surface area contributed by atoms with Gasteiger partial charge < -0.3 is 4.90 Å². The molecule has 1 aliphatic rings. The van der Waals surface area contributed by atoms with Crippen molar-refractivity contribution < 1.29 is 0 Å². The average Bonchev–Trinajstić information content (AvgIpc) is 2.90. The van der Waals surface area contributed by atoms with Gasteiger partial charge in [0.2, 0.25) is 0 Å². The maximum Gasteiger partial charge on any atom is 0.169 e. The van der Waals surface area contributed by atoms with E-state index in [2.05, 4.69) is 66.9 Å². The summed E-state index contributed by atoms with van der Waals surface area (Å²) in [7, 11) is 0. The molecule has 6 heteroatoms. The quantitative estimate of drug-likeness (QED) is 0.834. The van der Waals surface area contributed by atoms with Crippen LogP contribution in [-0.4, -0.2) is 62.7 Å². The standard InChI is InChI=1S/C16H32N6/c1-7-8-20-9-11-21(12-10-20)14(13(2)3)15-17-18-19-22(15)16(4,5)6/h13-14H,7-12H2,1-6H3/t14-/m0/s1. The molecule has 22 heavy (non-hydrogen) atoms. The van der Waals surface area contributed by atoms with Crippen LogP contribution in [0.3, 0.4) is 0 Å². The van der Waals surface area contributed by atoms with Crippen molar-refractivity contribution in [3.05, 3.63) is 5.82 Å². The number of hydrogen-bond donors (Lipinski definition) is 0. The lowest BCUT2D eigenvalue weighted by Gasteiger charge is -2.40. The molecule has 2 heterocycles. The first-order chi connectivity index (χ1) is 10.3. The summed E-state index contributed by atoms with van der Waals surface area (Å²) in [6.45, 7) is 19.0. The minimum Gasteiger partial charge on any atom is -0.301 e. The zero-order chi connectivity index (χ0) is 16.3. The highest BCUT2D eigenvalue weighted by Crippen LogP contribution is 2.30. The highest BCUT2D eigenvalue weighted by atomic mass is 15.6. The monoisotopic (exact) mass is 308 g/mol. The van der Waals surface area contributed by atoms with E-state index in [-0.39, 0.29) is 11.6 Å². The van der Waals surface area contributed by atoms with Crippen molar-refractivity contribution in [2.24, 2.45) is 5.92 Å². The van der Waals surface area contributed by atoms with Crippen molar-refractivity contribution in [3.63, 3.8) is 0 Å². The minimum absolute atomic E-state index is 0.0873. The third-order valence-electron chi connectivity index (χ3n) is 4.37. The van der Waals surface area contributed by atoms with Crippen LogP contribution >= 0.6 is 0 Å². The van der Waals surface area contributed by atoms with Crippen LogP contribution in [0, 0.1) is 5.92 Å². The molecule has 0 N–H and O–H groups in total.